The summed E-state index contributed by atoms with van der Waals surface area (Å²) in [7, 11) is 0. The highest BCUT2D eigenvalue weighted by Crippen LogP contribution is 2.38. The SMILES string of the molecule is O=C([C@@H]1CCNC1)N1CCC([C@@H](O)C2C(O)CCC(Cl)C2Cl)CC1. The minimum atomic E-state index is -0.658. The van der Waals surface area contributed by atoms with Gasteiger partial charge in [-0.05, 0) is 44.6 Å². The Morgan fingerprint density at radius 1 is 1.12 bits per heavy atom. The molecular formula is C17H28Cl2N2O3. The van der Waals surface area contributed by atoms with Gasteiger partial charge in [-0.2, -0.15) is 0 Å². The van der Waals surface area contributed by atoms with Gasteiger partial charge in [-0.1, -0.05) is 0 Å². The molecule has 2 heterocycles. The normalized spacial score (nSPS) is 39.8. The van der Waals surface area contributed by atoms with E-state index in [1.165, 1.54) is 0 Å². The van der Waals surface area contributed by atoms with Crippen LogP contribution in [-0.4, -0.2) is 70.2 Å². The van der Waals surface area contributed by atoms with Crippen molar-refractivity contribution in [3.8, 4) is 0 Å². The largest absolute Gasteiger partial charge is 0.393 e. The summed E-state index contributed by atoms with van der Waals surface area (Å²) >= 11 is 12.6. The number of likely N-dealkylation sites (tertiary alicyclic amines) is 1. The number of carbonyl (C=O) groups is 1. The number of aliphatic hydroxyl groups excluding tert-OH is 2. The summed E-state index contributed by atoms with van der Waals surface area (Å²) in [6.07, 6.45) is 2.45. The lowest BCUT2D eigenvalue weighted by Crippen LogP contribution is -2.51. The monoisotopic (exact) mass is 378 g/mol. The number of amides is 1. The Morgan fingerprint density at radius 3 is 2.46 bits per heavy atom. The van der Waals surface area contributed by atoms with Crippen LogP contribution in [-0.2, 0) is 4.79 Å². The molecule has 1 amide bonds. The van der Waals surface area contributed by atoms with Crippen LogP contribution in [0.25, 0.3) is 0 Å². The number of hydrogen-bond acceptors (Lipinski definition) is 4. The number of carbonyl (C=O) groups excluding carboxylic acids is 1. The van der Waals surface area contributed by atoms with E-state index in [-0.39, 0.29) is 29.0 Å². The highest BCUT2D eigenvalue weighted by atomic mass is 35.5. The summed E-state index contributed by atoms with van der Waals surface area (Å²) in [5.74, 6) is 0.0328. The zero-order valence-electron chi connectivity index (χ0n) is 13.9. The molecule has 2 aliphatic heterocycles. The zero-order chi connectivity index (χ0) is 17.3. The van der Waals surface area contributed by atoms with E-state index in [0.29, 0.717) is 25.9 Å². The number of halogens is 2. The number of nitrogens with one attached hydrogen (secondary N) is 1. The fourth-order valence-corrected chi connectivity index (χ4v) is 5.19. The molecule has 0 aromatic rings. The molecule has 3 N–H and O–H groups in total. The molecule has 138 valence electrons. The fourth-order valence-electron chi connectivity index (χ4n) is 4.45. The summed E-state index contributed by atoms with van der Waals surface area (Å²) in [5, 5.41) is 23.7. The number of alkyl halides is 2. The Hall–Kier alpha value is -0.0700. The summed E-state index contributed by atoms with van der Waals surface area (Å²) < 4.78 is 0. The van der Waals surface area contributed by atoms with Crippen LogP contribution in [0.15, 0.2) is 0 Å². The third-order valence-corrected chi connectivity index (χ3v) is 7.25. The molecule has 6 atom stereocenters. The third-order valence-electron chi connectivity index (χ3n) is 6.03. The molecule has 1 saturated carbocycles. The molecule has 3 rings (SSSR count). The number of hydrogen-bond donors (Lipinski definition) is 3. The molecule has 0 bridgehead atoms. The quantitative estimate of drug-likeness (QED) is 0.644. The first-order chi connectivity index (χ1) is 11.5. The highest BCUT2D eigenvalue weighted by molar-refractivity contribution is 6.30. The predicted molar refractivity (Wildman–Crippen MR) is 94.3 cm³/mol. The first kappa shape index (κ1) is 18.7. The molecule has 7 heteroatoms. The maximum absolute atomic E-state index is 12.5. The van der Waals surface area contributed by atoms with Gasteiger partial charge in [0.2, 0.25) is 5.91 Å². The van der Waals surface area contributed by atoms with Gasteiger partial charge in [0.25, 0.3) is 0 Å². The summed E-state index contributed by atoms with van der Waals surface area (Å²) in [6, 6.07) is 0. The van der Waals surface area contributed by atoms with Gasteiger partial charge in [-0.3, -0.25) is 4.79 Å². The number of aliphatic hydroxyl groups is 2. The van der Waals surface area contributed by atoms with Crippen molar-refractivity contribution < 1.29 is 15.0 Å². The lowest BCUT2D eigenvalue weighted by atomic mass is 9.75. The lowest BCUT2D eigenvalue weighted by Gasteiger charge is -2.43. The van der Waals surface area contributed by atoms with Gasteiger partial charge in [0.15, 0.2) is 0 Å². The molecule has 3 fully saturated rings. The Bertz CT molecular complexity index is 440. The van der Waals surface area contributed by atoms with Gasteiger partial charge < -0.3 is 20.4 Å². The maximum Gasteiger partial charge on any atom is 0.227 e. The van der Waals surface area contributed by atoms with Crippen molar-refractivity contribution in [2.24, 2.45) is 17.8 Å². The van der Waals surface area contributed by atoms with E-state index in [1.54, 1.807) is 0 Å². The second-order valence-corrected chi connectivity index (χ2v) is 8.59. The summed E-state index contributed by atoms with van der Waals surface area (Å²) in [4.78, 5) is 14.4. The van der Waals surface area contributed by atoms with E-state index in [2.05, 4.69) is 5.32 Å². The van der Waals surface area contributed by atoms with Crippen LogP contribution in [0.1, 0.15) is 32.1 Å². The van der Waals surface area contributed by atoms with Gasteiger partial charge in [-0.15, -0.1) is 23.2 Å². The van der Waals surface area contributed by atoms with E-state index in [4.69, 9.17) is 23.2 Å². The molecule has 0 radical (unpaired) electrons. The van der Waals surface area contributed by atoms with E-state index >= 15 is 0 Å². The maximum atomic E-state index is 12.5. The molecule has 1 aliphatic carbocycles. The molecule has 5 nitrogen and oxygen atoms in total. The number of piperidine rings is 1. The van der Waals surface area contributed by atoms with Crippen LogP contribution in [0, 0.1) is 17.8 Å². The third kappa shape index (κ3) is 3.85. The minimum absolute atomic E-state index is 0.0682. The van der Waals surface area contributed by atoms with Crippen LogP contribution < -0.4 is 5.32 Å². The highest BCUT2D eigenvalue weighted by Gasteiger charge is 2.44. The first-order valence-corrected chi connectivity index (χ1v) is 10.00. The molecule has 4 unspecified atom stereocenters. The Kier molecular flexibility index (Phi) is 6.30. The summed E-state index contributed by atoms with van der Waals surface area (Å²) in [5.41, 5.74) is 0. The van der Waals surface area contributed by atoms with Crippen LogP contribution in [0.2, 0.25) is 0 Å². The van der Waals surface area contributed by atoms with Crippen molar-refractivity contribution in [3.63, 3.8) is 0 Å². The van der Waals surface area contributed by atoms with E-state index in [0.717, 1.165) is 32.4 Å². The van der Waals surface area contributed by atoms with Gasteiger partial charge in [0, 0.05) is 25.6 Å². The van der Waals surface area contributed by atoms with Crippen molar-refractivity contribution in [1.82, 2.24) is 10.2 Å². The average molecular weight is 379 g/mol. The van der Waals surface area contributed by atoms with Crippen molar-refractivity contribution in [2.75, 3.05) is 26.2 Å². The van der Waals surface area contributed by atoms with Gasteiger partial charge in [0.05, 0.1) is 28.9 Å². The topological polar surface area (TPSA) is 72.8 Å². The van der Waals surface area contributed by atoms with Crippen LogP contribution in [0.3, 0.4) is 0 Å². The second kappa shape index (κ2) is 8.09. The predicted octanol–water partition coefficient (Wildman–Crippen LogP) is 1.18. The molecule has 2 saturated heterocycles. The smallest absolute Gasteiger partial charge is 0.227 e. The van der Waals surface area contributed by atoms with E-state index in [9.17, 15) is 15.0 Å². The second-order valence-electron chi connectivity index (χ2n) is 7.53. The number of nitrogens with zero attached hydrogens (tertiary/aromatic N) is 1. The molecule has 0 aromatic carbocycles. The molecule has 3 aliphatic rings. The lowest BCUT2D eigenvalue weighted by molar-refractivity contribution is -0.137. The Labute approximate surface area is 153 Å². The van der Waals surface area contributed by atoms with Gasteiger partial charge >= 0.3 is 0 Å². The van der Waals surface area contributed by atoms with E-state index < -0.39 is 17.6 Å². The van der Waals surface area contributed by atoms with Crippen molar-refractivity contribution >= 4 is 29.1 Å². The minimum Gasteiger partial charge on any atom is -0.393 e. The van der Waals surface area contributed by atoms with Crippen LogP contribution in [0.5, 0.6) is 0 Å². The van der Waals surface area contributed by atoms with Crippen molar-refractivity contribution in [3.05, 3.63) is 0 Å². The van der Waals surface area contributed by atoms with Gasteiger partial charge in [-0.25, -0.2) is 0 Å². The standard InChI is InChI=1S/C17H28Cl2N2O3/c18-12-1-2-13(22)14(15(12)19)16(23)10-4-7-21(8-5-10)17(24)11-3-6-20-9-11/h10-16,20,22-23H,1-9H2/t11-,12?,13?,14?,15?,16-/m1/s1. The Morgan fingerprint density at radius 2 is 1.83 bits per heavy atom. The van der Waals surface area contributed by atoms with E-state index in [1.807, 2.05) is 4.90 Å². The fraction of sp³-hybridized carbons (Fsp3) is 0.941. The Balaban J connectivity index is 1.54. The zero-order valence-corrected chi connectivity index (χ0v) is 15.4. The number of rotatable bonds is 3. The molecule has 0 aromatic heterocycles. The molecule has 0 spiro atoms. The van der Waals surface area contributed by atoms with Crippen LogP contribution >= 0.6 is 23.2 Å². The van der Waals surface area contributed by atoms with Crippen LogP contribution in [0.4, 0.5) is 0 Å². The van der Waals surface area contributed by atoms with Crippen molar-refractivity contribution in [2.45, 2.75) is 55.1 Å². The van der Waals surface area contributed by atoms with Crippen molar-refractivity contribution in [1.29, 1.82) is 0 Å². The first-order valence-electron chi connectivity index (χ1n) is 9.12. The summed E-state index contributed by atoms with van der Waals surface area (Å²) in [6.45, 7) is 3.05. The average Bonchev–Trinajstić information content (AvgIpc) is 3.12. The molecular weight excluding hydrogens is 351 g/mol. The van der Waals surface area contributed by atoms with Gasteiger partial charge in [0.1, 0.15) is 0 Å². The molecule has 24 heavy (non-hydrogen) atoms.